The van der Waals surface area contributed by atoms with Gasteiger partial charge in [0, 0.05) is 23.6 Å². The predicted octanol–water partition coefficient (Wildman–Crippen LogP) is 1.98. The molecule has 0 bridgehead atoms. The Morgan fingerprint density at radius 3 is 2.65 bits per heavy atom. The summed E-state index contributed by atoms with van der Waals surface area (Å²) in [6.45, 7) is 0.0479. The number of amides is 2. The van der Waals surface area contributed by atoms with Crippen molar-refractivity contribution in [1.29, 1.82) is 0 Å². The van der Waals surface area contributed by atoms with Gasteiger partial charge in [-0.05, 0) is 35.9 Å². The highest BCUT2D eigenvalue weighted by atomic mass is 19.1. The van der Waals surface area contributed by atoms with Gasteiger partial charge < -0.3 is 9.73 Å². The van der Waals surface area contributed by atoms with Crippen molar-refractivity contribution in [1.82, 2.24) is 10.8 Å². The summed E-state index contributed by atoms with van der Waals surface area (Å²) in [7, 11) is 0. The second-order valence-electron chi connectivity index (χ2n) is 5.45. The molecule has 26 heavy (non-hydrogen) atoms. The molecule has 7 nitrogen and oxygen atoms in total. The molecule has 0 atom stereocenters. The molecule has 0 saturated heterocycles. The van der Waals surface area contributed by atoms with Crippen molar-refractivity contribution in [3.63, 3.8) is 0 Å². The van der Waals surface area contributed by atoms with Gasteiger partial charge in [0.05, 0.1) is 0 Å². The summed E-state index contributed by atoms with van der Waals surface area (Å²) in [4.78, 5) is 35.6. The zero-order valence-electron chi connectivity index (χ0n) is 13.3. The van der Waals surface area contributed by atoms with Crippen molar-refractivity contribution < 1.29 is 23.6 Å². The van der Waals surface area contributed by atoms with Crippen LogP contribution in [-0.2, 0) is 6.54 Å². The smallest absolute Gasteiger partial charge is 0.349 e. The summed E-state index contributed by atoms with van der Waals surface area (Å²) in [5, 5.41) is 11.6. The zero-order valence-corrected chi connectivity index (χ0v) is 13.3. The van der Waals surface area contributed by atoms with Crippen molar-refractivity contribution in [2.24, 2.45) is 0 Å². The Balaban J connectivity index is 1.79. The quantitative estimate of drug-likeness (QED) is 0.376. The molecule has 0 fully saturated rings. The fourth-order valence-electron chi connectivity index (χ4n) is 2.41. The van der Waals surface area contributed by atoms with E-state index in [9.17, 15) is 18.8 Å². The van der Waals surface area contributed by atoms with Crippen molar-refractivity contribution >= 4 is 22.8 Å². The molecule has 3 aromatic rings. The predicted molar refractivity (Wildman–Crippen MR) is 89.3 cm³/mol. The third-order valence-electron chi connectivity index (χ3n) is 3.69. The SMILES string of the molecule is O=C(NO)c1cccc(CNC(=O)c2cc3ccc(F)cc3oc2=O)c1. The van der Waals surface area contributed by atoms with Crippen molar-refractivity contribution in [3.05, 3.63) is 81.5 Å². The number of hydroxylamine groups is 1. The minimum Gasteiger partial charge on any atom is -0.422 e. The molecule has 0 aliphatic rings. The maximum Gasteiger partial charge on any atom is 0.349 e. The molecule has 2 aromatic carbocycles. The molecule has 8 heteroatoms. The van der Waals surface area contributed by atoms with Crippen LogP contribution in [0, 0.1) is 5.82 Å². The summed E-state index contributed by atoms with van der Waals surface area (Å²) in [5.41, 5.74) is 1.28. The van der Waals surface area contributed by atoms with Gasteiger partial charge in [-0.1, -0.05) is 12.1 Å². The monoisotopic (exact) mass is 356 g/mol. The Labute approximate surface area is 146 Å². The highest BCUT2D eigenvalue weighted by Gasteiger charge is 2.14. The largest absolute Gasteiger partial charge is 0.422 e. The molecular weight excluding hydrogens is 343 g/mol. The first-order valence-electron chi connectivity index (χ1n) is 7.53. The molecule has 1 heterocycles. The van der Waals surface area contributed by atoms with Crippen molar-refractivity contribution in [2.45, 2.75) is 6.54 Å². The lowest BCUT2D eigenvalue weighted by Gasteiger charge is -2.07. The molecule has 0 unspecified atom stereocenters. The first-order chi connectivity index (χ1) is 12.5. The maximum atomic E-state index is 13.2. The number of carbonyl (C=O) groups is 2. The van der Waals surface area contributed by atoms with E-state index in [1.165, 1.54) is 35.8 Å². The van der Waals surface area contributed by atoms with Crippen molar-refractivity contribution in [2.75, 3.05) is 0 Å². The van der Waals surface area contributed by atoms with Crippen LogP contribution in [0.2, 0.25) is 0 Å². The molecule has 0 aliphatic carbocycles. The fourth-order valence-corrected chi connectivity index (χ4v) is 2.41. The van der Waals surface area contributed by atoms with Crippen LogP contribution in [0.25, 0.3) is 11.0 Å². The average Bonchev–Trinajstić information content (AvgIpc) is 2.65. The summed E-state index contributed by atoms with van der Waals surface area (Å²) in [5.74, 6) is -1.90. The van der Waals surface area contributed by atoms with Crippen LogP contribution in [0.15, 0.2) is 57.7 Å². The summed E-state index contributed by atoms with van der Waals surface area (Å²) in [6.07, 6.45) is 0. The Hall–Kier alpha value is -3.52. The van der Waals surface area contributed by atoms with Gasteiger partial charge in [0.1, 0.15) is 17.0 Å². The molecule has 0 aliphatic heterocycles. The van der Waals surface area contributed by atoms with Crippen LogP contribution in [-0.4, -0.2) is 17.0 Å². The Morgan fingerprint density at radius 1 is 1.08 bits per heavy atom. The van der Waals surface area contributed by atoms with Gasteiger partial charge >= 0.3 is 5.63 Å². The molecule has 1 aromatic heterocycles. The van der Waals surface area contributed by atoms with E-state index in [0.29, 0.717) is 10.9 Å². The van der Waals surface area contributed by atoms with Gasteiger partial charge in [-0.3, -0.25) is 14.8 Å². The number of nitrogens with one attached hydrogen (secondary N) is 2. The number of hydrogen-bond acceptors (Lipinski definition) is 5. The number of benzene rings is 2. The van der Waals surface area contributed by atoms with Gasteiger partial charge in [0.25, 0.3) is 11.8 Å². The number of halogens is 1. The van der Waals surface area contributed by atoms with Crippen molar-refractivity contribution in [3.8, 4) is 0 Å². The zero-order chi connectivity index (χ0) is 18.7. The van der Waals surface area contributed by atoms with Gasteiger partial charge in [0.15, 0.2) is 0 Å². The lowest BCUT2D eigenvalue weighted by Crippen LogP contribution is -2.28. The maximum absolute atomic E-state index is 13.2. The Morgan fingerprint density at radius 2 is 1.88 bits per heavy atom. The lowest BCUT2D eigenvalue weighted by atomic mass is 10.1. The molecule has 132 valence electrons. The topological polar surface area (TPSA) is 109 Å². The Bertz CT molecular complexity index is 1060. The van der Waals surface area contributed by atoms with E-state index in [1.807, 2.05) is 0 Å². The van der Waals surface area contributed by atoms with Crippen LogP contribution in [0.5, 0.6) is 0 Å². The molecule has 2 amide bonds. The van der Waals surface area contributed by atoms with E-state index in [0.717, 1.165) is 6.07 Å². The van der Waals surface area contributed by atoms with Crippen LogP contribution < -0.4 is 16.4 Å². The van der Waals surface area contributed by atoms with Gasteiger partial charge in [-0.15, -0.1) is 0 Å². The third-order valence-corrected chi connectivity index (χ3v) is 3.69. The Kier molecular flexibility index (Phi) is 4.76. The van der Waals surface area contributed by atoms with Crippen LogP contribution in [0.1, 0.15) is 26.3 Å². The van der Waals surface area contributed by atoms with Gasteiger partial charge in [0.2, 0.25) is 0 Å². The third kappa shape index (κ3) is 3.60. The second-order valence-corrected chi connectivity index (χ2v) is 5.45. The van der Waals surface area contributed by atoms with E-state index in [-0.39, 0.29) is 23.3 Å². The number of hydrogen-bond donors (Lipinski definition) is 3. The lowest BCUT2D eigenvalue weighted by molar-refractivity contribution is 0.0706. The molecule has 0 saturated carbocycles. The highest BCUT2D eigenvalue weighted by Crippen LogP contribution is 2.15. The number of fused-ring (bicyclic) bond motifs is 1. The fraction of sp³-hybridized carbons (Fsp3) is 0.0556. The van der Waals surface area contributed by atoms with E-state index in [1.54, 1.807) is 12.1 Å². The number of carbonyl (C=O) groups excluding carboxylic acids is 2. The van der Waals surface area contributed by atoms with E-state index in [4.69, 9.17) is 9.62 Å². The van der Waals surface area contributed by atoms with Gasteiger partial charge in [-0.2, -0.15) is 0 Å². The molecule has 3 rings (SSSR count). The van der Waals surface area contributed by atoms with Gasteiger partial charge in [-0.25, -0.2) is 14.7 Å². The molecule has 0 radical (unpaired) electrons. The van der Waals surface area contributed by atoms with E-state index < -0.39 is 23.3 Å². The molecular formula is C18H13FN2O5. The molecule has 3 N–H and O–H groups in total. The first kappa shape index (κ1) is 17.3. The normalized spacial score (nSPS) is 10.5. The summed E-state index contributed by atoms with van der Waals surface area (Å²) in [6, 6.07) is 11.2. The first-order valence-corrected chi connectivity index (χ1v) is 7.53. The van der Waals surface area contributed by atoms with E-state index >= 15 is 0 Å². The van der Waals surface area contributed by atoms with Crippen LogP contribution in [0.3, 0.4) is 0 Å². The standard InChI is InChI=1S/C18H13FN2O5/c19-13-5-4-11-7-14(18(24)26-15(11)8-13)17(23)20-9-10-2-1-3-12(6-10)16(22)21-25/h1-8,25H,9H2,(H,20,23)(H,21,22). The average molecular weight is 356 g/mol. The summed E-state index contributed by atoms with van der Waals surface area (Å²) >= 11 is 0. The molecule has 0 spiro atoms. The second kappa shape index (κ2) is 7.16. The minimum absolute atomic E-state index is 0.0479. The van der Waals surface area contributed by atoms with Crippen LogP contribution >= 0.6 is 0 Å². The number of rotatable bonds is 4. The van der Waals surface area contributed by atoms with E-state index in [2.05, 4.69) is 5.32 Å². The van der Waals surface area contributed by atoms with Crippen LogP contribution in [0.4, 0.5) is 4.39 Å². The summed E-state index contributed by atoms with van der Waals surface area (Å²) < 4.78 is 18.1. The minimum atomic E-state index is -0.881. The highest BCUT2D eigenvalue weighted by molar-refractivity contribution is 5.96.